The maximum absolute atomic E-state index is 12.2. The number of carbonyl (C=O) groups is 2. The number of aryl methyl sites for hydroxylation is 1. The lowest BCUT2D eigenvalue weighted by atomic mass is 9.88. The van der Waals surface area contributed by atoms with Crippen molar-refractivity contribution in [2.45, 2.75) is 25.3 Å². The van der Waals surface area contributed by atoms with Crippen molar-refractivity contribution >= 4 is 17.6 Å². The zero-order valence-corrected chi connectivity index (χ0v) is 15.2. The van der Waals surface area contributed by atoms with E-state index in [4.69, 9.17) is 4.74 Å². The molecule has 0 aliphatic heterocycles. The van der Waals surface area contributed by atoms with Crippen LogP contribution < -0.4 is 10.2 Å². The fourth-order valence-corrected chi connectivity index (χ4v) is 3.25. The highest BCUT2D eigenvalue weighted by Gasteiger charge is 2.21. The third-order valence-corrected chi connectivity index (χ3v) is 4.66. The first-order valence-electron chi connectivity index (χ1n) is 8.86. The van der Waals surface area contributed by atoms with Gasteiger partial charge >= 0.3 is 5.97 Å². The molecule has 0 spiro atoms. The Hall–Kier alpha value is -2.82. The van der Waals surface area contributed by atoms with Gasteiger partial charge in [0, 0.05) is 19.8 Å². The molecule has 5 nitrogen and oxygen atoms in total. The summed E-state index contributed by atoms with van der Waals surface area (Å²) >= 11 is 0. The number of hydrogen-bond donors (Lipinski definition) is 1. The number of esters is 1. The molecule has 0 fully saturated rings. The summed E-state index contributed by atoms with van der Waals surface area (Å²) in [7, 11) is 3.86. The van der Waals surface area contributed by atoms with Gasteiger partial charge in [-0.15, -0.1) is 0 Å². The van der Waals surface area contributed by atoms with Crippen LogP contribution in [0.2, 0.25) is 0 Å². The first-order chi connectivity index (χ1) is 12.5. The van der Waals surface area contributed by atoms with Gasteiger partial charge in [-0.1, -0.05) is 24.3 Å². The quantitative estimate of drug-likeness (QED) is 0.840. The second-order valence-corrected chi connectivity index (χ2v) is 6.73. The molecular formula is C21H24N2O3. The number of amides is 1. The van der Waals surface area contributed by atoms with Crippen LogP contribution in [0.4, 0.5) is 5.69 Å². The van der Waals surface area contributed by atoms with E-state index in [1.54, 1.807) is 12.1 Å². The minimum absolute atomic E-state index is 0.00877. The van der Waals surface area contributed by atoms with Crippen molar-refractivity contribution in [3.05, 3.63) is 65.2 Å². The Labute approximate surface area is 154 Å². The molecule has 0 unspecified atom stereocenters. The van der Waals surface area contributed by atoms with E-state index >= 15 is 0 Å². The lowest BCUT2D eigenvalue weighted by Crippen LogP contribution is -2.34. The van der Waals surface area contributed by atoms with Crippen LogP contribution >= 0.6 is 0 Å². The van der Waals surface area contributed by atoms with E-state index in [2.05, 4.69) is 17.4 Å². The second-order valence-electron chi connectivity index (χ2n) is 6.73. The lowest BCUT2D eigenvalue weighted by molar-refractivity contribution is -0.125. The zero-order valence-electron chi connectivity index (χ0n) is 15.2. The van der Waals surface area contributed by atoms with Crippen molar-refractivity contribution in [2.24, 2.45) is 0 Å². The van der Waals surface area contributed by atoms with Crippen LogP contribution in [0.3, 0.4) is 0 Å². The number of nitrogens with one attached hydrogen (secondary N) is 1. The number of benzene rings is 2. The van der Waals surface area contributed by atoms with E-state index in [1.165, 1.54) is 5.56 Å². The van der Waals surface area contributed by atoms with Gasteiger partial charge in [-0.2, -0.15) is 0 Å². The Kier molecular flexibility index (Phi) is 5.56. The lowest BCUT2D eigenvalue weighted by Gasteiger charge is -2.26. The van der Waals surface area contributed by atoms with Crippen molar-refractivity contribution in [3.63, 3.8) is 0 Å². The summed E-state index contributed by atoms with van der Waals surface area (Å²) in [4.78, 5) is 26.3. The number of ether oxygens (including phenoxy) is 1. The Morgan fingerprint density at radius 1 is 1.12 bits per heavy atom. The Balaban J connectivity index is 1.54. The van der Waals surface area contributed by atoms with Gasteiger partial charge in [0.15, 0.2) is 6.61 Å². The topological polar surface area (TPSA) is 58.6 Å². The van der Waals surface area contributed by atoms with Gasteiger partial charge in [0.2, 0.25) is 0 Å². The highest BCUT2D eigenvalue weighted by molar-refractivity contribution is 5.91. The summed E-state index contributed by atoms with van der Waals surface area (Å²) in [5.41, 5.74) is 3.88. The highest BCUT2D eigenvalue weighted by Crippen LogP contribution is 2.29. The van der Waals surface area contributed by atoms with Crippen molar-refractivity contribution in [1.82, 2.24) is 5.32 Å². The SMILES string of the molecule is CN(C)c1ccc(C(=O)OCC(=O)N[C@@H]2CCCc3ccccc32)cc1. The van der Waals surface area contributed by atoms with E-state index in [0.29, 0.717) is 5.56 Å². The molecule has 0 radical (unpaired) electrons. The minimum Gasteiger partial charge on any atom is -0.452 e. The van der Waals surface area contributed by atoms with Gasteiger partial charge < -0.3 is 15.0 Å². The van der Waals surface area contributed by atoms with E-state index in [0.717, 1.165) is 30.5 Å². The molecule has 1 N–H and O–H groups in total. The molecule has 1 amide bonds. The number of anilines is 1. The first-order valence-corrected chi connectivity index (χ1v) is 8.86. The summed E-state index contributed by atoms with van der Waals surface area (Å²) in [6.07, 6.45) is 2.99. The molecule has 0 saturated carbocycles. The molecule has 5 heteroatoms. The third kappa shape index (κ3) is 4.23. The molecule has 0 aromatic heterocycles. The molecule has 1 aliphatic carbocycles. The van der Waals surface area contributed by atoms with Crippen molar-refractivity contribution < 1.29 is 14.3 Å². The van der Waals surface area contributed by atoms with Gasteiger partial charge in [-0.3, -0.25) is 4.79 Å². The van der Waals surface area contributed by atoms with Crippen LogP contribution in [0.15, 0.2) is 48.5 Å². The van der Waals surface area contributed by atoms with Crippen molar-refractivity contribution in [1.29, 1.82) is 0 Å². The Morgan fingerprint density at radius 2 is 1.85 bits per heavy atom. The third-order valence-electron chi connectivity index (χ3n) is 4.66. The molecule has 3 rings (SSSR count). The molecular weight excluding hydrogens is 328 g/mol. The van der Waals surface area contributed by atoms with Gasteiger partial charge in [0.25, 0.3) is 5.91 Å². The maximum atomic E-state index is 12.2. The smallest absolute Gasteiger partial charge is 0.338 e. The summed E-state index contributed by atoms with van der Waals surface area (Å²) in [6, 6.07) is 15.2. The largest absolute Gasteiger partial charge is 0.452 e. The molecule has 1 aliphatic rings. The summed E-state index contributed by atoms with van der Waals surface area (Å²) in [5.74, 6) is -0.764. The molecule has 0 bridgehead atoms. The minimum atomic E-state index is -0.491. The number of carbonyl (C=O) groups excluding carboxylic acids is 2. The van der Waals surface area contributed by atoms with Gasteiger partial charge in [-0.25, -0.2) is 4.79 Å². The maximum Gasteiger partial charge on any atom is 0.338 e. The second kappa shape index (κ2) is 8.04. The fraction of sp³-hybridized carbons (Fsp3) is 0.333. The zero-order chi connectivity index (χ0) is 18.5. The van der Waals surface area contributed by atoms with Gasteiger partial charge in [0.05, 0.1) is 11.6 Å². The molecule has 0 saturated heterocycles. The molecule has 136 valence electrons. The van der Waals surface area contributed by atoms with Crippen LogP contribution in [-0.4, -0.2) is 32.6 Å². The molecule has 26 heavy (non-hydrogen) atoms. The molecule has 0 heterocycles. The summed E-state index contributed by atoms with van der Waals surface area (Å²) in [6.45, 7) is -0.271. The van der Waals surface area contributed by atoms with Crippen molar-refractivity contribution in [3.8, 4) is 0 Å². The molecule has 2 aromatic carbocycles. The van der Waals surface area contributed by atoms with E-state index in [1.807, 2.05) is 43.3 Å². The summed E-state index contributed by atoms with van der Waals surface area (Å²) in [5, 5.41) is 2.98. The predicted octanol–water partition coefficient (Wildman–Crippen LogP) is 3.10. The fourth-order valence-electron chi connectivity index (χ4n) is 3.25. The van der Waals surface area contributed by atoms with Crippen LogP contribution in [-0.2, 0) is 16.0 Å². The van der Waals surface area contributed by atoms with E-state index in [9.17, 15) is 9.59 Å². The Morgan fingerprint density at radius 3 is 2.58 bits per heavy atom. The van der Waals surface area contributed by atoms with Gasteiger partial charge in [-0.05, 0) is 54.7 Å². The summed E-state index contributed by atoms with van der Waals surface area (Å²) < 4.78 is 5.16. The van der Waals surface area contributed by atoms with Crippen LogP contribution in [0.1, 0.15) is 40.4 Å². The monoisotopic (exact) mass is 352 g/mol. The van der Waals surface area contributed by atoms with E-state index in [-0.39, 0.29) is 18.6 Å². The van der Waals surface area contributed by atoms with E-state index < -0.39 is 5.97 Å². The van der Waals surface area contributed by atoms with Gasteiger partial charge in [0.1, 0.15) is 0 Å². The highest BCUT2D eigenvalue weighted by atomic mass is 16.5. The number of hydrogen-bond acceptors (Lipinski definition) is 4. The normalized spacial score (nSPS) is 15.7. The number of fused-ring (bicyclic) bond motifs is 1. The van der Waals surface area contributed by atoms with Crippen LogP contribution in [0.25, 0.3) is 0 Å². The van der Waals surface area contributed by atoms with Crippen LogP contribution in [0, 0.1) is 0 Å². The number of nitrogens with zero attached hydrogens (tertiary/aromatic N) is 1. The standard InChI is InChI=1S/C21H24N2O3/c1-23(2)17-12-10-16(11-13-17)21(25)26-14-20(24)22-19-9-5-7-15-6-3-4-8-18(15)19/h3-4,6,8,10-13,19H,5,7,9,14H2,1-2H3,(H,22,24)/t19-/m1/s1. The first kappa shape index (κ1) is 18.0. The molecule has 1 atom stereocenters. The number of rotatable bonds is 5. The van der Waals surface area contributed by atoms with Crippen LogP contribution in [0.5, 0.6) is 0 Å². The predicted molar refractivity (Wildman–Crippen MR) is 101 cm³/mol. The molecule has 2 aromatic rings. The Bertz CT molecular complexity index is 784. The van der Waals surface area contributed by atoms with Crippen molar-refractivity contribution in [2.75, 3.05) is 25.6 Å². The average Bonchev–Trinajstić information content (AvgIpc) is 2.66. The average molecular weight is 352 g/mol.